The van der Waals surface area contributed by atoms with Crippen molar-refractivity contribution in [3.63, 3.8) is 0 Å². The molecule has 0 aliphatic carbocycles. The molecule has 30 heavy (non-hydrogen) atoms. The van der Waals surface area contributed by atoms with Gasteiger partial charge >= 0.3 is 0 Å². The largest absolute Gasteiger partial charge is 0.345 e. The first kappa shape index (κ1) is 18.9. The van der Waals surface area contributed by atoms with Gasteiger partial charge in [-0.15, -0.1) is 10.2 Å². The molecule has 1 amide bonds. The molecule has 1 aliphatic heterocycles. The Kier molecular flexibility index (Phi) is 4.39. The summed E-state index contributed by atoms with van der Waals surface area (Å²) in [7, 11) is 1.82. The van der Waals surface area contributed by atoms with Gasteiger partial charge in [-0.05, 0) is 43.5 Å². The minimum atomic E-state index is -0.193. The summed E-state index contributed by atoms with van der Waals surface area (Å²) in [6, 6.07) is 13.4. The van der Waals surface area contributed by atoms with E-state index < -0.39 is 0 Å². The highest BCUT2D eigenvalue weighted by molar-refractivity contribution is 8.00. The van der Waals surface area contributed by atoms with Crippen molar-refractivity contribution in [3.05, 3.63) is 63.9 Å². The highest BCUT2D eigenvalue weighted by Crippen LogP contribution is 2.31. The van der Waals surface area contributed by atoms with E-state index in [0.29, 0.717) is 16.3 Å². The van der Waals surface area contributed by atoms with Crippen LogP contribution in [0.15, 0.2) is 52.4 Å². The fourth-order valence-corrected chi connectivity index (χ4v) is 5.27. The van der Waals surface area contributed by atoms with Gasteiger partial charge in [-0.3, -0.25) is 14.0 Å². The summed E-state index contributed by atoms with van der Waals surface area (Å²) in [6.45, 7) is 4.71. The molecule has 0 radical (unpaired) electrons. The van der Waals surface area contributed by atoms with Crippen molar-refractivity contribution in [2.45, 2.75) is 30.7 Å². The van der Waals surface area contributed by atoms with Crippen LogP contribution < -0.4 is 5.56 Å². The Hall–Kier alpha value is -3.13. The summed E-state index contributed by atoms with van der Waals surface area (Å²) in [6.07, 6.45) is 0.767. The summed E-state index contributed by atoms with van der Waals surface area (Å²) < 4.78 is 3.55. The number of carbonyl (C=O) groups is 1. The smallest absolute Gasteiger partial charge is 0.267 e. The van der Waals surface area contributed by atoms with E-state index in [4.69, 9.17) is 0 Å². The molecule has 0 spiro atoms. The number of amides is 1. The van der Waals surface area contributed by atoms with Gasteiger partial charge in [-0.2, -0.15) is 0 Å². The summed E-state index contributed by atoms with van der Waals surface area (Å²) in [5, 5.41) is 9.82. The van der Waals surface area contributed by atoms with Gasteiger partial charge in [0, 0.05) is 13.6 Å². The average molecular weight is 420 g/mol. The zero-order chi connectivity index (χ0) is 21.0. The van der Waals surface area contributed by atoms with E-state index in [1.807, 2.05) is 67.8 Å². The van der Waals surface area contributed by atoms with E-state index in [-0.39, 0.29) is 16.7 Å². The predicted octanol–water partition coefficient (Wildman–Crippen LogP) is 2.97. The van der Waals surface area contributed by atoms with Crippen molar-refractivity contribution in [1.29, 1.82) is 0 Å². The molecule has 1 aliphatic rings. The van der Waals surface area contributed by atoms with Crippen molar-refractivity contribution < 1.29 is 4.79 Å². The lowest BCUT2D eigenvalue weighted by Crippen LogP contribution is -2.24. The Bertz CT molecular complexity index is 1350. The second kappa shape index (κ2) is 6.98. The molecule has 2 aromatic carbocycles. The normalized spacial score (nSPS) is 16.8. The maximum Gasteiger partial charge on any atom is 0.267 e. The summed E-state index contributed by atoms with van der Waals surface area (Å²) >= 11 is 1.41. The molecule has 3 heterocycles. The fourth-order valence-electron chi connectivity index (χ4n) is 4.14. The van der Waals surface area contributed by atoms with Crippen molar-refractivity contribution in [2.75, 3.05) is 13.6 Å². The molecule has 152 valence electrons. The molecule has 1 saturated heterocycles. The minimum Gasteiger partial charge on any atom is -0.345 e. The average Bonchev–Trinajstić information content (AvgIpc) is 3.29. The Labute approximate surface area is 177 Å². The molecule has 2 aromatic heterocycles. The number of aromatic nitrogens is 4. The molecule has 1 fully saturated rings. The number of benzene rings is 2. The predicted molar refractivity (Wildman–Crippen MR) is 117 cm³/mol. The van der Waals surface area contributed by atoms with Gasteiger partial charge in [0.15, 0.2) is 5.16 Å². The van der Waals surface area contributed by atoms with Crippen molar-refractivity contribution >= 4 is 34.3 Å². The number of para-hydroxylation sites is 2. The van der Waals surface area contributed by atoms with Gasteiger partial charge in [-0.1, -0.05) is 42.1 Å². The van der Waals surface area contributed by atoms with Gasteiger partial charge in [0.2, 0.25) is 11.7 Å². The Morgan fingerprint density at radius 2 is 1.73 bits per heavy atom. The first-order valence-corrected chi connectivity index (χ1v) is 10.7. The maximum absolute atomic E-state index is 13.5. The molecule has 1 atom stereocenters. The third-order valence-electron chi connectivity index (χ3n) is 5.68. The van der Waals surface area contributed by atoms with Gasteiger partial charge < -0.3 is 4.90 Å². The highest BCUT2D eigenvalue weighted by Gasteiger charge is 2.32. The lowest BCUT2D eigenvalue weighted by Gasteiger charge is -2.15. The van der Waals surface area contributed by atoms with Crippen LogP contribution in [-0.4, -0.2) is 48.8 Å². The SMILES string of the molecule is Cc1cccc(C)c1-n1c(=O)c2ccccc2n2c(SC3CCN(C)C3=O)nnc12. The Morgan fingerprint density at radius 1 is 1.00 bits per heavy atom. The first-order valence-electron chi connectivity index (χ1n) is 9.84. The Morgan fingerprint density at radius 3 is 2.43 bits per heavy atom. The standard InChI is InChI=1S/C22H21N5O2S/c1-13-7-6-8-14(2)18(13)27-19(28)15-9-4-5-10-16(15)26-21(27)23-24-22(26)30-17-11-12-25(3)20(17)29/h4-10,17H,11-12H2,1-3H3. The number of thioether (sulfide) groups is 1. The molecular formula is C22H21N5O2S. The van der Waals surface area contributed by atoms with Gasteiger partial charge in [0.05, 0.1) is 21.8 Å². The summed E-state index contributed by atoms with van der Waals surface area (Å²) in [5.74, 6) is 0.557. The molecule has 5 rings (SSSR count). The second-order valence-electron chi connectivity index (χ2n) is 7.67. The molecule has 0 N–H and O–H groups in total. The topological polar surface area (TPSA) is 72.5 Å². The maximum atomic E-state index is 13.5. The number of fused-ring (bicyclic) bond motifs is 3. The van der Waals surface area contributed by atoms with Gasteiger partial charge in [0.25, 0.3) is 5.56 Å². The molecule has 0 bridgehead atoms. The van der Waals surface area contributed by atoms with E-state index in [2.05, 4.69) is 10.2 Å². The second-order valence-corrected chi connectivity index (χ2v) is 8.84. The van der Waals surface area contributed by atoms with E-state index >= 15 is 0 Å². The number of aryl methyl sites for hydroxylation is 2. The quantitative estimate of drug-likeness (QED) is 0.511. The van der Waals surface area contributed by atoms with Crippen LogP contribution in [0.1, 0.15) is 17.5 Å². The van der Waals surface area contributed by atoms with Crippen molar-refractivity contribution in [2.24, 2.45) is 0 Å². The van der Waals surface area contributed by atoms with Crippen LogP contribution in [0, 0.1) is 13.8 Å². The monoisotopic (exact) mass is 419 g/mol. The van der Waals surface area contributed by atoms with Gasteiger partial charge in [0.1, 0.15) is 0 Å². The zero-order valence-corrected chi connectivity index (χ0v) is 17.8. The van der Waals surface area contributed by atoms with E-state index in [1.54, 1.807) is 9.47 Å². The molecular weight excluding hydrogens is 398 g/mol. The molecule has 4 aromatic rings. The number of hydrogen-bond acceptors (Lipinski definition) is 5. The Balaban J connectivity index is 1.82. The van der Waals surface area contributed by atoms with Crippen LogP contribution in [0.5, 0.6) is 0 Å². The van der Waals surface area contributed by atoms with E-state index in [1.165, 1.54) is 11.8 Å². The summed E-state index contributed by atoms with van der Waals surface area (Å²) in [4.78, 5) is 27.7. The molecule has 8 heteroatoms. The molecule has 7 nitrogen and oxygen atoms in total. The lowest BCUT2D eigenvalue weighted by molar-refractivity contribution is -0.126. The van der Waals surface area contributed by atoms with E-state index in [0.717, 1.165) is 35.3 Å². The lowest BCUT2D eigenvalue weighted by atomic mass is 10.1. The molecule has 0 saturated carbocycles. The zero-order valence-electron chi connectivity index (χ0n) is 17.0. The van der Waals surface area contributed by atoms with Crippen molar-refractivity contribution in [3.8, 4) is 5.69 Å². The van der Waals surface area contributed by atoms with Crippen LogP contribution in [0.2, 0.25) is 0 Å². The highest BCUT2D eigenvalue weighted by atomic mass is 32.2. The number of likely N-dealkylation sites (tertiary alicyclic amines) is 1. The molecule has 1 unspecified atom stereocenters. The van der Waals surface area contributed by atoms with Crippen molar-refractivity contribution in [1.82, 2.24) is 24.1 Å². The van der Waals surface area contributed by atoms with Crippen LogP contribution in [0.3, 0.4) is 0 Å². The van der Waals surface area contributed by atoms with Crippen LogP contribution in [-0.2, 0) is 4.79 Å². The van der Waals surface area contributed by atoms with E-state index in [9.17, 15) is 9.59 Å². The number of hydrogen-bond donors (Lipinski definition) is 0. The third kappa shape index (κ3) is 2.74. The number of rotatable bonds is 3. The van der Waals surface area contributed by atoms with Gasteiger partial charge in [-0.25, -0.2) is 4.57 Å². The first-order chi connectivity index (χ1) is 14.5. The van der Waals surface area contributed by atoms with Crippen LogP contribution >= 0.6 is 11.8 Å². The summed E-state index contributed by atoms with van der Waals surface area (Å²) in [5.41, 5.74) is 3.40. The fraction of sp³-hybridized carbons (Fsp3) is 0.273. The van der Waals surface area contributed by atoms with Crippen LogP contribution in [0.4, 0.5) is 0 Å². The minimum absolute atomic E-state index is 0.101. The third-order valence-corrected chi connectivity index (χ3v) is 6.88. The number of carbonyl (C=O) groups excluding carboxylic acids is 1. The number of nitrogens with zero attached hydrogens (tertiary/aromatic N) is 5. The van der Waals surface area contributed by atoms with Crippen LogP contribution in [0.25, 0.3) is 22.4 Å².